The highest BCUT2D eigenvalue weighted by atomic mass is 16.1. The third kappa shape index (κ3) is 0.698. The fraction of sp³-hybridized carbons (Fsp3) is 0.556. The van der Waals surface area contributed by atoms with Crippen molar-refractivity contribution in [1.29, 1.82) is 0 Å². The zero-order chi connectivity index (χ0) is 9.96. The lowest BCUT2D eigenvalue weighted by molar-refractivity contribution is -0.124. The molecular formula is C9H12N2O2. The number of hydrogen-bond donors (Lipinski definition) is 2. The van der Waals surface area contributed by atoms with Gasteiger partial charge in [0.05, 0.1) is 17.2 Å². The first-order valence-electron chi connectivity index (χ1n) is 4.26. The van der Waals surface area contributed by atoms with Crippen LogP contribution in [0.5, 0.6) is 0 Å². The lowest BCUT2D eigenvalue weighted by Crippen LogP contribution is -2.43. The Hall–Kier alpha value is -1.16. The minimum atomic E-state index is -0.940. The fourth-order valence-corrected chi connectivity index (χ4v) is 2.18. The van der Waals surface area contributed by atoms with Gasteiger partial charge in [0.25, 0.3) is 0 Å². The smallest absolute Gasteiger partial charge is 0.184 e. The molecule has 4 heteroatoms. The Balaban J connectivity index is 2.54. The molecule has 2 aliphatic carbocycles. The fourth-order valence-electron chi connectivity index (χ4n) is 2.18. The van der Waals surface area contributed by atoms with E-state index in [0.29, 0.717) is 5.57 Å². The van der Waals surface area contributed by atoms with E-state index in [1.165, 1.54) is 0 Å². The Morgan fingerprint density at radius 2 is 1.92 bits per heavy atom. The van der Waals surface area contributed by atoms with E-state index in [1.54, 1.807) is 6.92 Å². The summed E-state index contributed by atoms with van der Waals surface area (Å²) in [5.74, 6) is -0.763. The highest BCUT2D eigenvalue weighted by Crippen LogP contribution is 2.53. The van der Waals surface area contributed by atoms with Crippen LogP contribution in [-0.4, -0.2) is 17.1 Å². The van der Waals surface area contributed by atoms with Crippen molar-refractivity contribution in [1.82, 2.24) is 0 Å². The molecule has 3 atom stereocenters. The molecule has 1 fully saturated rings. The van der Waals surface area contributed by atoms with Crippen LogP contribution in [-0.2, 0) is 9.59 Å². The monoisotopic (exact) mass is 180 g/mol. The second-order valence-electron chi connectivity index (χ2n) is 3.93. The molecule has 3 unspecified atom stereocenters. The largest absolute Gasteiger partial charge is 0.396 e. The summed E-state index contributed by atoms with van der Waals surface area (Å²) >= 11 is 0. The van der Waals surface area contributed by atoms with Crippen LogP contribution < -0.4 is 11.5 Å². The van der Waals surface area contributed by atoms with E-state index >= 15 is 0 Å². The first kappa shape index (κ1) is 8.44. The maximum atomic E-state index is 11.6. The van der Waals surface area contributed by atoms with Gasteiger partial charge in [-0.15, -0.1) is 0 Å². The van der Waals surface area contributed by atoms with Gasteiger partial charge in [-0.05, 0) is 12.8 Å². The maximum absolute atomic E-state index is 11.6. The van der Waals surface area contributed by atoms with Crippen LogP contribution in [0.1, 0.15) is 13.8 Å². The van der Waals surface area contributed by atoms with Gasteiger partial charge in [-0.1, -0.05) is 6.92 Å². The number of hydrogen-bond acceptors (Lipinski definition) is 4. The van der Waals surface area contributed by atoms with E-state index in [1.807, 2.05) is 6.92 Å². The summed E-state index contributed by atoms with van der Waals surface area (Å²) in [6.07, 6.45) is 0. The number of carbonyl (C=O) groups excluding carboxylic acids is 2. The van der Waals surface area contributed by atoms with E-state index in [2.05, 4.69) is 0 Å². The molecule has 0 aromatic heterocycles. The number of rotatable bonds is 0. The molecule has 0 spiro atoms. The molecule has 1 saturated carbocycles. The van der Waals surface area contributed by atoms with Crippen molar-refractivity contribution >= 4 is 11.6 Å². The Kier molecular flexibility index (Phi) is 1.31. The van der Waals surface area contributed by atoms with Gasteiger partial charge in [0.2, 0.25) is 0 Å². The first-order chi connectivity index (χ1) is 5.92. The third-order valence-electron chi connectivity index (χ3n) is 3.34. The lowest BCUT2D eigenvalue weighted by Gasteiger charge is -2.17. The SMILES string of the molecule is CC1=C(N)C(=O)C2C(C)C2(N)C1=O. The first-order valence-corrected chi connectivity index (χ1v) is 4.26. The van der Waals surface area contributed by atoms with Crippen LogP contribution in [0.2, 0.25) is 0 Å². The highest BCUT2D eigenvalue weighted by Gasteiger charge is 2.70. The van der Waals surface area contributed by atoms with Crippen LogP contribution in [0.3, 0.4) is 0 Å². The number of Topliss-reactive ketones (excluding diaryl/α,β-unsaturated/α-hetero) is 2. The second kappa shape index (κ2) is 2.01. The van der Waals surface area contributed by atoms with E-state index < -0.39 is 5.54 Å². The standard InChI is InChI=1S/C9H12N2O2/c1-3-6(10)7(12)5-4(2)9(5,11)8(3)13/h4-5H,10-11H2,1-2H3. The predicted molar refractivity (Wildman–Crippen MR) is 46.5 cm³/mol. The van der Waals surface area contributed by atoms with Gasteiger partial charge >= 0.3 is 0 Å². The normalized spacial score (nSPS) is 43.6. The number of nitrogens with two attached hydrogens (primary N) is 2. The minimum Gasteiger partial charge on any atom is -0.396 e. The summed E-state index contributed by atoms with van der Waals surface area (Å²) in [5.41, 5.74) is 10.8. The molecule has 4 nitrogen and oxygen atoms in total. The van der Waals surface area contributed by atoms with Crippen molar-refractivity contribution in [3.63, 3.8) is 0 Å². The number of ketones is 2. The summed E-state index contributed by atoms with van der Waals surface area (Å²) in [6, 6.07) is 0. The van der Waals surface area contributed by atoms with Crippen molar-refractivity contribution < 1.29 is 9.59 Å². The molecule has 0 radical (unpaired) electrons. The van der Waals surface area contributed by atoms with Gasteiger partial charge in [0.15, 0.2) is 11.6 Å². The van der Waals surface area contributed by atoms with Gasteiger partial charge in [-0.25, -0.2) is 0 Å². The van der Waals surface area contributed by atoms with Gasteiger partial charge in [0, 0.05) is 5.57 Å². The number of allylic oxidation sites excluding steroid dienone is 1. The lowest BCUT2D eigenvalue weighted by atomic mass is 9.91. The minimum absolute atomic E-state index is 0.0662. The molecule has 0 saturated heterocycles. The van der Waals surface area contributed by atoms with Gasteiger partial charge in [0.1, 0.15) is 0 Å². The van der Waals surface area contributed by atoms with Crippen molar-refractivity contribution in [3.8, 4) is 0 Å². The van der Waals surface area contributed by atoms with Crippen LogP contribution in [0.15, 0.2) is 11.3 Å². The van der Waals surface area contributed by atoms with Crippen LogP contribution in [0.25, 0.3) is 0 Å². The Bertz CT molecular complexity index is 359. The number of carbonyl (C=O) groups is 2. The molecule has 13 heavy (non-hydrogen) atoms. The number of fused-ring (bicyclic) bond motifs is 1. The zero-order valence-corrected chi connectivity index (χ0v) is 7.63. The van der Waals surface area contributed by atoms with Crippen LogP contribution in [0.4, 0.5) is 0 Å². The summed E-state index contributed by atoms with van der Waals surface area (Å²) in [7, 11) is 0. The average Bonchev–Trinajstić information content (AvgIpc) is 2.65. The van der Waals surface area contributed by atoms with Crippen molar-refractivity contribution in [2.24, 2.45) is 23.3 Å². The van der Waals surface area contributed by atoms with Crippen molar-refractivity contribution in [3.05, 3.63) is 11.3 Å². The molecule has 70 valence electrons. The molecule has 0 aromatic rings. The van der Waals surface area contributed by atoms with E-state index in [-0.39, 0.29) is 29.1 Å². The quantitative estimate of drug-likeness (QED) is 0.518. The molecule has 0 aliphatic heterocycles. The molecule has 2 rings (SSSR count). The van der Waals surface area contributed by atoms with Crippen LogP contribution >= 0.6 is 0 Å². The molecular weight excluding hydrogens is 168 g/mol. The van der Waals surface area contributed by atoms with E-state index in [0.717, 1.165) is 0 Å². The highest BCUT2D eigenvalue weighted by molar-refractivity contribution is 6.20. The Morgan fingerprint density at radius 1 is 1.38 bits per heavy atom. The summed E-state index contributed by atoms with van der Waals surface area (Å²) in [5, 5.41) is 0. The zero-order valence-electron chi connectivity index (χ0n) is 7.63. The summed E-state index contributed by atoms with van der Waals surface area (Å²) < 4.78 is 0. The maximum Gasteiger partial charge on any atom is 0.184 e. The summed E-state index contributed by atoms with van der Waals surface area (Å²) in [4.78, 5) is 23.2. The molecule has 0 heterocycles. The Morgan fingerprint density at radius 3 is 2.46 bits per heavy atom. The van der Waals surface area contributed by atoms with Crippen molar-refractivity contribution in [2.75, 3.05) is 0 Å². The predicted octanol–water partition coefficient (Wildman–Crippen LogP) is -0.666. The average molecular weight is 180 g/mol. The topological polar surface area (TPSA) is 86.2 Å². The van der Waals surface area contributed by atoms with E-state index in [4.69, 9.17) is 11.5 Å². The van der Waals surface area contributed by atoms with Gasteiger partial charge in [-0.2, -0.15) is 0 Å². The van der Waals surface area contributed by atoms with Crippen LogP contribution in [0, 0.1) is 11.8 Å². The molecule has 0 amide bonds. The van der Waals surface area contributed by atoms with Gasteiger partial charge in [-0.3, -0.25) is 9.59 Å². The summed E-state index contributed by atoms with van der Waals surface area (Å²) in [6.45, 7) is 3.37. The third-order valence-corrected chi connectivity index (χ3v) is 3.34. The second-order valence-corrected chi connectivity index (χ2v) is 3.93. The van der Waals surface area contributed by atoms with Gasteiger partial charge < -0.3 is 11.5 Å². The molecule has 2 aliphatic rings. The molecule has 0 aromatic carbocycles. The Labute approximate surface area is 76.0 Å². The van der Waals surface area contributed by atoms with Crippen molar-refractivity contribution in [2.45, 2.75) is 19.4 Å². The van der Waals surface area contributed by atoms with E-state index in [9.17, 15) is 9.59 Å². The molecule has 0 bridgehead atoms. The molecule has 4 N–H and O–H groups in total.